The number of amides is 1. The lowest BCUT2D eigenvalue weighted by Gasteiger charge is -2.32. The van der Waals surface area contributed by atoms with Crippen LogP contribution in [0.3, 0.4) is 0 Å². The van der Waals surface area contributed by atoms with Crippen molar-refractivity contribution in [1.82, 2.24) is 15.1 Å². The summed E-state index contributed by atoms with van der Waals surface area (Å²) in [4.78, 5) is 20.3. The van der Waals surface area contributed by atoms with Crippen molar-refractivity contribution < 1.29 is 9.63 Å². The van der Waals surface area contributed by atoms with E-state index in [4.69, 9.17) is 4.84 Å². The minimum atomic E-state index is -0.400. The molecule has 0 aromatic heterocycles. The Balaban J connectivity index is 0. The van der Waals surface area contributed by atoms with Crippen LogP contribution in [0.25, 0.3) is 0 Å². The van der Waals surface area contributed by atoms with Crippen molar-refractivity contribution in [3.63, 3.8) is 0 Å². The SMILES string of the molecule is C=C/C=C\C.CC.CC.CCCN(CCC(C)C1NOc2ccccc21)CC(C)(C)C(=O)NSC. The first kappa shape index (κ1) is 35.4. The summed E-state index contributed by atoms with van der Waals surface area (Å²) in [6, 6.07) is 8.42. The van der Waals surface area contributed by atoms with E-state index in [1.165, 1.54) is 17.5 Å². The van der Waals surface area contributed by atoms with E-state index in [0.29, 0.717) is 5.92 Å². The highest BCUT2D eigenvalue weighted by Crippen LogP contribution is 2.36. The van der Waals surface area contributed by atoms with Gasteiger partial charge in [0.05, 0.1) is 11.5 Å². The maximum atomic E-state index is 12.3. The largest absolute Gasteiger partial charge is 0.408 e. The van der Waals surface area contributed by atoms with Crippen LogP contribution in [0.4, 0.5) is 0 Å². The molecule has 0 radical (unpaired) electrons. The Morgan fingerprint density at radius 1 is 1.26 bits per heavy atom. The lowest BCUT2D eigenvalue weighted by Crippen LogP contribution is -2.44. The molecule has 35 heavy (non-hydrogen) atoms. The first-order chi connectivity index (χ1) is 16.8. The average Bonchev–Trinajstić information content (AvgIpc) is 3.30. The number of hydrogen-bond donors (Lipinski definition) is 2. The molecule has 202 valence electrons. The van der Waals surface area contributed by atoms with Crippen LogP contribution in [0.2, 0.25) is 0 Å². The maximum Gasteiger partial charge on any atom is 0.236 e. The molecule has 1 amide bonds. The number of benzene rings is 1. The zero-order valence-corrected chi connectivity index (χ0v) is 24.9. The van der Waals surface area contributed by atoms with Crippen molar-refractivity contribution in [1.29, 1.82) is 0 Å². The Morgan fingerprint density at radius 2 is 1.89 bits per heavy atom. The average molecular weight is 508 g/mol. The molecule has 2 unspecified atom stereocenters. The first-order valence-corrected chi connectivity index (χ1v) is 14.3. The predicted octanol–water partition coefficient (Wildman–Crippen LogP) is 7.58. The van der Waals surface area contributed by atoms with Crippen molar-refractivity contribution in [3.05, 3.63) is 54.6 Å². The second-order valence-electron chi connectivity index (χ2n) is 8.56. The maximum absolute atomic E-state index is 12.3. The van der Waals surface area contributed by atoms with Gasteiger partial charge in [-0.05, 0) is 58.7 Å². The third-order valence-corrected chi connectivity index (χ3v) is 5.71. The lowest BCUT2D eigenvalue weighted by atomic mass is 9.90. The highest BCUT2D eigenvalue weighted by molar-refractivity contribution is 7.97. The van der Waals surface area contributed by atoms with Crippen LogP contribution < -0.4 is 15.0 Å². The third kappa shape index (κ3) is 13.8. The molecule has 1 aromatic carbocycles. The van der Waals surface area contributed by atoms with Gasteiger partial charge in [-0.2, -0.15) is 0 Å². The Morgan fingerprint density at radius 3 is 2.40 bits per heavy atom. The highest BCUT2D eigenvalue weighted by atomic mass is 32.2. The van der Waals surface area contributed by atoms with Crippen molar-refractivity contribution in [2.75, 3.05) is 25.9 Å². The number of nitrogens with one attached hydrogen (secondary N) is 2. The standard InChI is InChI=1S/C20H33N3O2S.C5H8.2C2H6/c1-6-12-23(14-20(3,4)19(24)22-26-5)13-11-15(2)18-16-9-7-8-10-17(16)25-21-18;1-3-5-4-2;2*1-2/h7-10,15,18,21H,6,11-14H2,1-5H3,(H,22,24);3-5H,1H2,2H3;2*1-2H3/b;5-4-;;. The second-order valence-corrected chi connectivity index (χ2v) is 9.17. The fourth-order valence-electron chi connectivity index (χ4n) is 3.58. The van der Waals surface area contributed by atoms with E-state index in [-0.39, 0.29) is 11.9 Å². The Bertz CT molecular complexity index is 707. The molecule has 5 nitrogen and oxygen atoms in total. The summed E-state index contributed by atoms with van der Waals surface area (Å²) >= 11 is 1.37. The van der Waals surface area contributed by atoms with Crippen LogP contribution in [-0.2, 0) is 4.79 Å². The van der Waals surface area contributed by atoms with Gasteiger partial charge in [0.2, 0.25) is 5.91 Å². The molecule has 2 rings (SSSR count). The Hall–Kier alpha value is -1.76. The molecule has 6 heteroatoms. The van der Waals surface area contributed by atoms with E-state index in [1.54, 1.807) is 6.08 Å². The number of rotatable bonds is 11. The molecule has 0 aliphatic carbocycles. The van der Waals surface area contributed by atoms with Crippen molar-refractivity contribution in [3.8, 4) is 5.75 Å². The lowest BCUT2D eigenvalue weighted by molar-refractivity contribution is -0.128. The molecule has 0 spiro atoms. The number of carbonyl (C=O) groups excluding carboxylic acids is 1. The number of carbonyl (C=O) groups is 1. The molecular weight excluding hydrogens is 454 g/mol. The van der Waals surface area contributed by atoms with Gasteiger partial charge in [-0.1, -0.05) is 96.5 Å². The van der Waals surface area contributed by atoms with E-state index in [2.05, 4.69) is 47.7 Å². The van der Waals surface area contributed by atoms with Crippen LogP contribution >= 0.6 is 11.9 Å². The van der Waals surface area contributed by atoms with Gasteiger partial charge in [0.15, 0.2) is 5.75 Å². The molecule has 0 saturated heterocycles. The fourth-order valence-corrected chi connectivity index (χ4v) is 4.04. The van der Waals surface area contributed by atoms with E-state index >= 15 is 0 Å². The quantitative estimate of drug-likeness (QED) is 0.239. The van der Waals surface area contributed by atoms with Crippen molar-refractivity contribution in [2.24, 2.45) is 11.3 Å². The molecule has 2 N–H and O–H groups in total. The number of hydrogen-bond acceptors (Lipinski definition) is 5. The van der Waals surface area contributed by atoms with Gasteiger partial charge in [-0.3, -0.25) is 9.52 Å². The number of nitrogens with zero attached hydrogens (tertiary/aromatic N) is 1. The number of allylic oxidation sites excluding steroid dienone is 3. The minimum Gasteiger partial charge on any atom is -0.408 e. The van der Waals surface area contributed by atoms with E-state index in [0.717, 1.165) is 38.2 Å². The fraction of sp³-hybridized carbons (Fsp3) is 0.621. The van der Waals surface area contributed by atoms with Gasteiger partial charge in [-0.15, -0.1) is 5.48 Å². The van der Waals surface area contributed by atoms with Gasteiger partial charge in [0.25, 0.3) is 0 Å². The normalized spacial score (nSPS) is 14.8. The van der Waals surface area contributed by atoms with E-state index in [1.807, 2.05) is 79.0 Å². The van der Waals surface area contributed by atoms with Gasteiger partial charge in [-0.25, -0.2) is 0 Å². The van der Waals surface area contributed by atoms with Gasteiger partial charge >= 0.3 is 0 Å². The second kappa shape index (κ2) is 21.5. The summed E-state index contributed by atoms with van der Waals surface area (Å²) in [6.45, 7) is 24.7. The summed E-state index contributed by atoms with van der Waals surface area (Å²) in [5.41, 5.74) is 4.01. The minimum absolute atomic E-state index is 0.0962. The monoisotopic (exact) mass is 507 g/mol. The van der Waals surface area contributed by atoms with Crippen molar-refractivity contribution >= 4 is 17.9 Å². The van der Waals surface area contributed by atoms with Crippen LogP contribution in [0, 0.1) is 11.3 Å². The molecule has 1 aliphatic rings. The summed E-state index contributed by atoms with van der Waals surface area (Å²) < 4.78 is 2.88. The van der Waals surface area contributed by atoms with Crippen LogP contribution in [0.15, 0.2) is 49.1 Å². The zero-order chi connectivity index (χ0) is 27.3. The third-order valence-electron chi connectivity index (χ3n) is 5.32. The molecule has 0 saturated carbocycles. The molecular formula is C29H53N3O2S. The molecule has 2 atom stereocenters. The van der Waals surface area contributed by atoms with Gasteiger partial charge < -0.3 is 9.74 Å². The molecule has 1 aromatic rings. The summed E-state index contributed by atoms with van der Waals surface area (Å²) in [5, 5.41) is 0. The number of para-hydroxylation sites is 1. The number of hydroxylamine groups is 1. The molecule has 1 aliphatic heterocycles. The smallest absolute Gasteiger partial charge is 0.236 e. The predicted molar refractivity (Wildman–Crippen MR) is 157 cm³/mol. The first-order valence-electron chi connectivity index (χ1n) is 13.1. The van der Waals surface area contributed by atoms with Crippen LogP contribution in [0.5, 0.6) is 5.75 Å². The van der Waals surface area contributed by atoms with Crippen molar-refractivity contribution in [2.45, 2.75) is 81.2 Å². The number of fused-ring (bicyclic) bond motifs is 1. The molecule has 0 fully saturated rings. The summed E-state index contributed by atoms with van der Waals surface area (Å²) in [7, 11) is 0. The molecule has 1 heterocycles. The van der Waals surface area contributed by atoms with Crippen LogP contribution in [0.1, 0.15) is 86.8 Å². The zero-order valence-electron chi connectivity index (χ0n) is 24.1. The summed E-state index contributed by atoms with van der Waals surface area (Å²) in [5.74, 6) is 1.48. The highest BCUT2D eigenvalue weighted by Gasteiger charge is 2.31. The molecule has 0 bridgehead atoms. The summed E-state index contributed by atoms with van der Waals surface area (Å²) in [6.07, 6.45) is 9.60. The Labute approximate surface area is 221 Å². The van der Waals surface area contributed by atoms with Gasteiger partial charge in [0, 0.05) is 18.4 Å². The van der Waals surface area contributed by atoms with E-state index < -0.39 is 5.41 Å². The Kier molecular flexibility index (Phi) is 21.8. The van der Waals surface area contributed by atoms with E-state index in [9.17, 15) is 4.79 Å². The van der Waals surface area contributed by atoms with Gasteiger partial charge in [0.1, 0.15) is 0 Å². The topological polar surface area (TPSA) is 53.6 Å². The van der Waals surface area contributed by atoms with Crippen LogP contribution in [-0.4, -0.2) is 36.7 Å².